The minimum Gasteiger partial charge on any atom is -0.494 e. The Morgan fingerprint density at radius 1 is 1.00 bits per heavy atom. The van der Waals surface area contributed by atoms with E-state index in [4.69, 9.17) is 14.5 Å². The van der Waals surface area contributed by atoms with E-state index < -0.39 is 0 Å². The summed E-state index contributed by atoms with van der Waals surface area (Å²) in [6.45, 7) is 6.78. The van der Waals surface area contributed by atoms with Crippen molar-refractivity contribution >= 4 is 29.0 Å². The molecule has 39 heavy (non-hydrogen) atoms. The number of morpholine rings is 1. The van der Waals surface area contributed by atoms with Gasteiger partial charge >= 0.3 is 0 Å². The Bertz CT molecular complexity index is 1160. The molecule has 4 aliphatic rings. The molecule has 1 N–H and O–H groups in total. The van der Waals surface area contributed by atoms with Gasteiger partial charge in [-0.15, -0.1) is 0 Å². The van der Waals surface area contributed by atoms with Gasteiger partial charge in [-0.1, -0.05) is 12.8 Å². The molecular formula is C29H41N7O3. The number of likely N-dealkylation sites (N-methyl/N-ethyl adjacent to an activating group) is 1. The number of piperidine rings is 1. The highest BCUT2D eigenvalue weighted by Crippen LogP contribution is 2.35. The summed E-state index contributed by atoms with van der Waals surface area (Å²) in [4.78, 5) is 31.4. The van der Waals surface area contributed by atoms with Crippen LogP contribution in [0.15, 0.2) is 24.4 Å². The van der Waals surface area contributed by atoms with Gasteiger partial charge in [0.05, 0.1) is 39.1 Å². The Labute approximate surface area is 231 Å². The Kier molecular flexibility index (Phi) is 7.74. The molecule has 3 aliphatic heterocycles. The number of carbonyl (C=O) groups excluding carboxylic acids is 1. The fraction of sp³-hybridized carbons (Fsp3) is 0.621. The maximum Gasteiger partial charge on any atom is 0.242 e. The molecule has 0 atom stereocenters. The molecule has 0 bridgehead atoms. The lowest BCUT2D eigenvalue weighted by atomic mass is 10.0. The molecule has 210 valence electrons. The average Bonchev–Trinajstić information content (AvgIpc) is 3.48. The Balaban J connectivity index is 1.17. The van der Waals surface area contributed by atoms with E-state index in [9.17, 15) is 4.79 Å². The minimum atomic E-state index is 0.126. The van der Waals surface area contributed by atoms with Gasteiger partial charge in [-0.05, 0) is 37.8 Å². The van der Waals surface area contributed by atoms with Gasteiger partial charge < -0.3 is 29.5 Å². The number of hydrogen-bond acceptors (Lipinski definition) is 9. The largest absolute Gasteiger partial charge is 0.494 e. The molecule has 0 radical (unpaired) electrons. The van der Waals surface area contributed by atoms with E-state index in [0.29, 0.717) is 31.1 Å². The van der Waals surface area contributed by atoms with E-state index in [1.165, 1.54) is 31.4 Å². The van der Waals surface area contributed by atoms with Gasteiger partial charge in [0.15, 0.2) is 0 Å². The van der Waals surface area contributed by atoms with Gasteiger partial charge in [-0.25, -0.2) is 4.98 Å². The summed E-state index contributed by atoms with van der Waals surface area (Å²) in [5.41, 5.74) is 3.00. The highest BCUT2D eigenvalue weighted by molar-refractivity contribution is 5.83. The molecular weight excluding hydrogens is 494 g/mol. The number of fused-ring (bicyclic) bond motifs is 1. The molecule has 10 nitrogen and oxygen atoms in total. The zero-order valence-electron chi connectivity index (χ0n) is 23.3. The predicted octanol–water partition coefficient (Wildman–Crippen LogP) is 3.25. The maximum absolute atomic E-state index is 12.8. The second kappa shape index (κ2) is 11.6. The lowest BCUT2D eigenvalue weighted by Crippen LogP contribution is -2.49. The van der Waals surface area contributed by atoms with Crippen molar-refractivity contribution in [3.63, 3.8) is 0 Å². The quantitative estimate of drug-likeness (QED) is 0.599. The van der Waals surface area contributed by atoms with Crippen LogP contribution in [-0.2, 0) is 16.1 Å². The monoisotopic (exact) mass is 535 g/mol. The lowest BCUT2D eigenvalue weighted by Gasteiger charge is -2.40. The molecule has 1 saturated carbocycles. The van der Waals surface area contributed by atoms with Crippen LogP contribution in [0.25, 0.3) is 0 Å². The van der Waals surface area contributed by atoms with E-state index >= 15 is 0 Å². The molecule has 1 aliphatic carbocycles. The molecule has 10 heteroatoms. The van der Waals surface area contributed by atoms with Crippen LogP contribution in [0.2, 0.25) is 0 Å². The number of ether oxygens (including phenoxy) is 2. The Morgan fingerprint density at radius 3 is 2.51 bits per heavy atom. The fourth-order valence-corrected chi connectivity index (χ4v) is 6.55. The second-order valence-electron chi connectivity index (χ2n) is 11.2. The Morgan fingerprint density at radius 2 is 1.77 bits per heavy atom. The first-order valence-corrected chi connectivity index (χ1v) is 14.5. The first-order valence-electron chi connectivity index (χ1n) is 14.5. The van der Waals surface area contributed by atoms with Crippen molar-refractivity contribution in [2.75, 3.05) is 75.2 Å². The van der Waals surface area contributed by atoms with Crippen LogP contribution in [0.4, 0.5) is 23.1 Å². The standard InChI is InChI=1S/C29H41N7O3/c1-33-19-21-18-30-29(32-28(21)36(20-27(33)37)23-5-3-4-6-23)31-25-8-7-24(17-26(25)38-2)34-11-9-22(10-12-34)35-13-15-39-16-14-35/h7-8,17-18,22-23H,3-6,9-16,19-20H2,1-2H3,(H,30,31,32). The number of hydrogen-bond donors (Lipinski definition) is 1. The van der Waals surface area contributed by atoms with Crippen molar-refractivity contribution in [3.05, 3.63) is 30.0 Å². The van der Waals surface area contributed by atoms with E-state index in [-0.39, 0.29) is 5.91 Å². The third-order valence-electron chi connectivity index (χ3n) is 8.84. The highest BCUT2D eigenvalue weighted by atomic mass is 16.5. The van der Waals surface area contributed by atoms with Gasteiger partial charge in [0.1, 0.15) is 11.6 Å². The number of anilines is 4. The van der Waals surface area contributed by atoms with Crippen LogP contribution in [0, 0.1) is 0 Å². The molecule has 6 rings (SSSR count). The number of rotatable bonds is 6. The smallest absolute Gasteiger partial charge is 0.242 e. The van der Waals surface area contributed by atoms with Crippen LogP contribution >= 0.6 is 0 Å². The molecule has 4 heterocycles. The van der Waals surface area contributed by atoms with Crippen molar-refractivity contribution in [1.29, 1.82) is 0 Å². The van der Waals surface area contributed by atoms with Crippen molar-refractivity contribution in [3.8, 4) is 5.75 Å². The van der Waals surface area contributed by atoms with Gasteiger partial charge in [-0.3, -0.25) is 9.69 Å². The summed E-state index contributed by atoms with van der Waals surface area (Å²) in [5.74, 6) is 2.28. The first kappa shape index (κ1) is 26.1. The number of benzene rings is 1. The second-order valence-corrected chi connectivity index (χ2v) is 11.2. The third-order valence-corrected chi connectivity index (χ3v) is 8.84. The van der Waals surface area contributed by atoms with Gasteiger partial charge in [-0.2, -0.15) is 4.98 Å². The zero-order valence-corrected chi connectivity index (χ0v) is 23.3. The number of nitrogens with one attached hydrogen (secondary N) is 1. The van der Waals surface area contributed by atoms with Crippen molar-refractivity contribution in [1.82, 2.24) is 19.8 Å². The van der Waals surface area contributed by atoms with Crippen LogP contribution in [0.3, 0.4) is 0 Å². The zero-order chi connectivity index (χ0) is 26.8. The molecule has 1 aromatic carbocycles. The van der Waals surface area contributed by atoms with E-state index in [2.05, 4.69) is 43.2 Å². The molecule has 0 unspecified atom stereocenters. The summed E-state index contributed by atoms with van der Waals surface area (Å²) in [6.07, 6.45) is 8.79. The normalized spacial score (nSPS) is 21.7. The topological polar surface area (TPSA) is 86.3 Å². The lowest BCUT2D eigenvalue weighted by molar-refractivity contribution is -0.128. The van der Waals surface area contributed by atoms with Crippen molar-refractivity contribution < 1.29 is 14.3 Å². The third kappa shape index (κ3) is 5.63. The maximum atomic E-state index is 12.8. The van der Waals surface area contributed by atoms with Gasteiger partial charge in [0, 0.05) is 68.8 Å². The Hall–Kier alpha value is -3.11. The van der Waals surface area contributed by atoms with Crippen molar-refractivity contribution in [2.45, 2.75) is 57.2 Å². The van der Waals surface area contributed by atoms with Crippen LogP contribution < -0.4 is 19.9 Å². The summed E-state index contributed by atoms with van der Waals surface area (Å²) in [5, 5.41) is 3.40. The number of nitrogens with zero attached hydrogens (tertiary/aromatic N) is 6. The van der Waals surface area contributed by atoms with E-state index in [1.54, 1.807) is 12.0 Å². The molecule has 3 fully saturated rings. The summed E-state index contributed by atoms with van der Waals surface area (Å²) >= 11 is 0. The van der Waals surface area contributed by atoms with E-state index in [1.807, 2.05) is 13.2 Å². The SMILES string of the molecule is COc1cc(N2CCC(N3CCOCC3)CC2)ccc1Nc1ncc2c(n1)N(C1CCCC1)CC(=O)N(C)C2. The first-order chi connectivity index (χ1) is 19.1. The molecule has 0 spiro atoms. The summed E-state index contributed by atoms with van der Waals surface area (Å²) in [7, 11) is 3.56. The number of methoxy groups -OCH3 is 1. The molecule has 2 saturated heterocycles. The fourth-order valence-electron chi connectivity index (χ4n) is 6.55. The van der Waals surface area contributed by atoms with Crippen molar-refractivity contribution in [2.24, 2.45) is 0 Å². The number of aromatic nitrogens is 2. The average molecular weight is 536 g/mol. The highest BCUT2D eigenvalue weighted by Gasteiger charge is 2.32. The minimum absolute atomic E-state index is 0.126. The van der Waals surface area contributed by atoms with E-state index in [0.717, 1.165) is 75.1 Å². The molecule has 1 aromatic heterocycles. The summed E-state index contributed by atoms with van der Waals surface area (Å²) < 4.78 is 11.3. The molecule has 1 amide bonds. The van der Waals surface area contributed by atoms with Crippen LogP contribution in [0.1, 0.15) is 44.1 Å². The van der Waals surface area contributed by atoms with Gasteiger partial charge in [0.25, 0.3) is 0 Å². The molecule has 2 aromatic rings. The number of amides is 1. The predicted molar refractivity (Wildman–Crippen MR) is 152 cm³/mol. The summed E-state index contributed by atoms with van der Waals surface area (Å²) in [6, 6.07) is 7.32. The van der Waals surface area contributed by atoms with Gasteiger partial charge in [0.2, 0.25) is 11.9 Å². The number of carbonyl (C=O) groups is 1. The van der Waals surface area contributed by atoms with Crippen LogP contribution in [0.5, 0.6) is 5.75 Å². The van der Waals surface area contributed by atoms with Crippen LogP contribution in [-0.4, -0.2) is 97.9 Å².